The fraction of sp³-hybridized carbons (Fsp3) is 0.619. The van der Waals surface area contributed by atoms with Crippen LogP contribution >= 0.6 is 0 Å². The van der Waals surface area contributed by atoms with Gasteiger partial charge in [0.2, 0.25) is 11.8 Å². The number of nitrogens with zero attached hydrogens (tertiary/aromatic N) is 3. The molecule has 3 fully saturated rings. The van der Waals surface area contributed by atoms with Gasteiger partial charge in [-0.05, 0) is 36.8 Å². The first-order chi connectivity index (χ1) is 13.0. The van der Waals surface area contributed by atoms with E-state index in [1.165, 1.54) is 0 Å². The van der Waals surface area contributed by atoms with Gasteiger partial charge in [0.15, 0.2) is 0 Å². The third-order valence-electron chi connectivity index (χ3n) is 5.77. The van der Waals surface area contributed by atoms with Crippen LogP contribution in [0.3, 0.4) is 0 Å². The van der Waals surface area contributed by atoms with Crippen LogP contribution in [0.25, 0.3) is 0 Å². The molecule has 2 bridgehead atoms. The van der Waals surface area contributed by atoms with Crippen LogP contribution in [0.1, 0.15) is 24.8 Å². The normalized spacial score (nSPS) is 22.4. The molecule has 0 saturated carbocycles. The van der Waals surface area contributed by atoms with E-state index in [0.29, 0.717) is 25.3 Å². The van der Waals surface area contributed by atoms with Gasteiger partial charge < -0.3 is 14.5 Å². The zero-order valence-electron chi connectivity index (χ0n) is 16.7. The number of rotatable bonds is 6. The van der Waals surface area contributed by atoms with Crippen LogP contribution in [0.2, 0.25) is 0 Å². The number of piperidine rings is 1. The lowest BCUT2D eigenvalue weighted by Crippen LogP contribution is -2.47. The molecule has 4 rings (SSSR count). The molecule has 3 saturated heterocycles. The Hall–Kier alpha value is -2.08. The van der Waals surface area contributed by atoms with Crippen LogP contribution in [0.5, 0.6) is 5.75 Å². The Morgan fingerprint density at radius 1 is 1.15 bits per heavy atom. The monoisotopic (exact) mass is 373 g/mol. The molecule has 0 N–H and O–H groups in total. The van der Waals surface area contributed by atoms with E-state index < -0.39 is 0 Å². The first-order valence-corrected chi connectivity index (χ1v) is 9.81. The molecule has 27 heavy (non-hydrogen) atoms. The highest BCUT2D eigenvalue weighted by molar-refractivity contribution is 5.78. The van der Waals surface area contributed by atoms with Crippen LogP contribution in [0, 0.1) is 5.92 Å². The summed E-state index contributed by atoms with van der Waals surface area (Å²) in [7, 11) is 5.25. The Balaban J connectivity index is 1.60. The maximum absolute atomic E-state index is 12.9. The van der Waals surface area contributed by atoms with Crippen molar-refractivity contribution < 1.29 is 14.3 Å². The number of fused-ring (bicyclic) bond motifs is 4. The number of amides is 2. The minimum atomic E-state index is 0.130. The number of likely N-dealkylation sites (N-methyl/N-ethyl adjacent to an activating group) is 1. The Morgan fingerprint density at radius 2 is 1.93 bits per heavy atom. The minimum Gasteiger partial charge on any atom is -0.496 e. The van der Waals surface area contributed by atoms with Gasteiger partial charge in [-0.15, -0.1) is 0 Å². The van der Waals surface area contributed by atoms with Crippen molar-refractivity contribution >= 4 is 11.8 Å². The molecular formula is C21H31N3O3. The van der Waals surface area contributed by atoms with Gasteiger partial charge in [0.25, 0.3) is 0 Å². The molecule has 3 heterocycles. The summed E-state index contributed by atoms with van der Waals surface area (Å²) in [6, 6.07) is 8.11. The van der Waals surface area contributed by atoms with Crippen molar-refractivity contribution in [3.63, 3.8) is 0 Å². The van der Waals surface area contributed by atoms with Crippen molar-refractivity contribution in [2.75, 3.05) is 47.4 Å². The lowest BCUT2D eigenvalue weighted by atomic mass is 9.94. The van der Waals surface area contributed by atoms with Crippen LogP contribution in [0.4, 0.5) is 0 Å². The molecule has 1 aromatic rings. The third kappa shape index (κ3) is 4.80. The zero-order chi connectivity index (χ0) is 19.4. The van der Waals surface area contributed by atoms with E-state index in [9.17, 15) is 9.59 Å². The topological polar surface area (TPSA) is 53.1 Å². The molecule has 0 spiro atoms. The summed E-state index contributed by atoms with van der Waals surface area (Å²) in [5.74, 6) is 1.66. The molecule has 0 unspecified atom stereocenters. The Morgan fingerprint density at radius 3 is 2.67 bits per heavy atom. The molecule has 0 aliphatic carbocycles. The average molecular weight is 373 g/mol. The van der Waals surface area contributed by atoms with Gasteiger partial charge in [-0.2, -0.15) is 0 Å². The van der Waals surface area contributed by atoms with Gasteiger partial charge in [-0.1, -0.05) is 18.2 Å². The van der Waals surface area contributed by atoms with E-state index in [0.717, 1.165) is 43.8 Å². The SMILES string of the molecule is COc1ccccc1CCC(=O)N1C[C@@H]2CC[C@H]1CN(CC(=O)N(C)C)C2. The molecule has 2 atom stereocenters. The number of aryl methyl sites for hydroxylation is 1. The first-order valence-electron chi connectivity index (χ1n) is 9.81. The number of carbonyl (C=O) groups is 2. The smallest absolute Gasteiger partial charge is 0.236 e. The van der Waals surface area contributed by atoms with Crippen molar-refractivity contribution in [1.82, 2.24) is 14.7 Å². The third-order valence-corrected chi connectivity index (χ3v) is 5.77. The maximum atomic E-state index is 12.9. The van der Waals surface area contributed by atoms with Crippen molar-refractivity contribution in [2.45, 2.75) is 31.7 Å². The second-order valence-corrected chi connectivity index (χ2v) is 7.94. The molecule has 6 nitrogen and oxygen atoms in total. The fourth-order valence-corrected chi connectivity index (χ4v) is 4.24. The molecule has 6 heteroatoms. The Kier molecular flexibility index (Phi) is 6.37. The van der Waals surface area contributed by atoms with Crippen molar-refractivity contribution in [3.05, 3.63) is 29.8 Å². The molecule has 3 aliphatic rings. The highest BCUT2D eigenvalue weighted by atomic mass is 16.5. The first kappa shape index (κ1) is 19.7. The lowest BCUT2D eigenvalue weighted by Gasteiger charge is -2.36. The highest BCUT2D eigenvalue weighted by Crippen LogP contribution is 2.29. The number of carbonyl (C=O) groups excluding carboxylic acids is 2. The van der Waals surface area contributed by atoms with Crippen LogP contribution in [-0.2, 0) is 16.0 Å². The number of benzene rings is 1. The van der Waals surface area contributed by atoms with Crippen molar-refractivity contribution in [2.24, 2.45) is 5.92 Å². The standard InChI is InChI=1S/C21H31N3O3/c1-22(2)21(26)15-23-12-16-8-10-18(14-23)24(13-16)20(25)11-9-17-6-4-5-7-19(17)27-3/h4-7,16,18H,8-15H2,1-3H3/t16-,18+/m1/s1. The van der Waals surface area contributed by atoms with Gasteiger partial charge in [-0.3, -0.25) is 14.5 Å². The van der Waals surface area contributed by atoms with E-state index in [-0.39, 0.29) is 17.9 Å². The molecule has 3 aliphatic heterocycles. The molecule has 0 aromatic heterocycles. The zero-order valence-corrected chi connectivity index (χ0v) is 16.7. The maximum Gasteiger partial charge on any atom is 0.236 e. The van der Waals surface area contributed by atoms with Gasteiger partial charge in [-0.25, -0.2) is 0 Å². The summed E-state index contributed by atoms with van der Waals surface area (Å²) in [5, 5.41) is 0. The molecule has 1 aromatic carbocycles. The molecule has 148 valence electrons. The predicted octanol–water partition coefficient (Wildman–Crippen LogP) is 1.64. The second kappa shape index (κ2) is 8.74. The summed E-state index contributed by atoms with van der Waals surface area (Å²) in [6.07, 6.45) is 3.38. The molecular weight excluding hydrogens is 342 g/mol. The fourth-order valence-electron chi connectivity index (χ4n) is 4.24. The van der Waals surface area contributed by atoms with Gasteiger partial charge in [0.1, 0.15) is 5.75 Å². The quantitative estimate of drug-likeness (QED) is 0.761. The van der Waals surface area contributed by atoms with E-state index in [2.05, 4.69) is 9.80 Å². The summed E-state index contributed by atoms with van der Waals surface area (Å²) < 4.78 is 5.40. The van der Waals surface area contributed by atoms with E-state index in [1.54, 1.807) is 26.1 Å². The largest absolute Gasteiger partial charge is 0.496 e. The van der Waals surface area contributed by atoms with Crippen LogP contribution < -0.4 is 4.74 Å². The number of ether oxygens (including phenoxy) is 1. The van der Waals surface area contributed by atoms with Crippen LogP contribution in [-0.4, -0.2) is 79.9 Å². The minimum absolute atomic E-state index is 0.130. The highest BCUT2D eigenvalue weighted by Gasteiger charge is 2.37. The number of para-hydroxylation sites is 1. The van der Waals surface area contributed by atoms with Gasteiger partial charge in [0.05, 0.1) is 13.7 Å². The Bertz CT molecular complexity index is 676. The number of hydrogen-bond acceptors (Lipinski definition) is 4. The summed E-state index contributed by atoms with van der Waals surface area (Å²) in [5.41, 5.74) is 1.08. The summed E-state index contributed by atoms with van der Waals surface area (Å²) >= 11 is 0. The summed E-state index contributed by atoms with van der Waals surface area (Å²) in [4.78, 5) is 31.0. The van der Waals surface area contributed by atoms with Gasteiger partial charge >= 0.3 is 0 Å². The van der Waals surface area contributed by atoms with E-state index >= 15 is 0 Å². The number of hydrogen-bond donors (Lipinski definition) is 0. The van der Waals surface area contributed by atoms with E-state index in [1.807, 2.05) is 24.3 Å². The summed E-state index contributed by atoms with van der Waals surface area (Å²) in [6.45, 7) is 2.98. The van der Waals surface area contributed by atoms with Crippen LogP contribution in [0.15, 0.2) is 24.3 Å². The molecule has 2 amide bonds. The lowest BCUT2D eigenvalue weighted by molar-refractivity contribution is -0.135. The number of methoxy groups -OCH3 is 1. The predicted molar refractivity (Wildman–Crippen MR) is 105 cm³/mol. The van der Waals surface area contributed by atoms with Gasteiger partial charge in [0, 0.05) is 46.2 Å². The Labute approximate surface area is 162 Å². The van der Waals surface area contributed by atoms with Crippen molar-refractivity contribution in [3.8, 4) is 5.75 Å². The second-order valence-electron chi connectivity index (χ2n) is 7.94. The van der Waals surface area contributed by atoms with E-state index in [4.69, 9.17) is 4.74 Å². The van der Waals surface area contributed by atoms with Crippen molar-refractivity contribution in [1.29, 1.82) is 0 Å². The average Bonchev–Trinajstić information content (AvgIpc) is 2.96. The molecule has 0 radical (unpaired) electrons.